The van der Waals surface area contributed by atoms with Crippen molar-refractivity contribution < 1.29 is 9.84 Å². The summed E-state index contributed by atoms with van der Waals surface area (Å²) in [7, 11) is 0. The van der Waals surface area contributed by atoms with Crippen molar-refractivity contribution in [3.05, 3.63) is 29.8 Å². The second kappa shape index (κ2) is 6.44. The highest BCUT2D eigenvalue weighted by Gasteiger charge is 1.93. The van der Waals surface area contributed by atoms with Gasteiger partial charge in [-0.25, -0.2) is 0 Å². The summed E-state index contributed by atoms with van der Waals surface area (Å²) >= 11 is 0. The van der Waals surface area contributed by atoms with Crippen LogP contribution in [-0.2, 0) is 11.3 Å². The molecular weight excluding hydrogens is 176 g/mol. The summed E-state index contributed by atoms with van der Waals surface area (Å²) in [6.45, 7) is 3.65. The molecule has 0 heterocycles. The van der Waals surface area contributed by atoms with Crippen LogP contribution in [-0.4, -0.2) is 11.7 Å². The van der Waals surface area contributed by atoms with E-state index >= 15 is 0 Å². The van der Waals surface area contributed by atoms with Gasteiger partial charge < -0.3 is 9.84 Å². The zero-order valence-corrected chi connectivity index (χ0v) is 8.70. The van der Waals surface area contributed by atoms with E-state index in [1.807, 2.05) is 12.1 Å². The maximum absolute atomic E-state index is 9.06. The van der Waals surface area contributed by atoms with Crippen molar-refractivity contribution in [1.82, 2.24) is 0 Å². The Morgan fingerprint density at radius 1 is 1.14 bits per heavy atom. The molecule has 0 unspecified atom stereocenters. The number of hydrogen-bond donors (Lipinski definition) is 1. The number of aromatic hydroxyl groups is 1. The molecule has 0 aliphatic carbocycles. The summed E-state index contributed by atoms with van der Waals surface area (Å²) in [4.78, 5) is 0. The Balaban J connectivity index is 2.15. The number of benzene rings is 1. The molecule has 78 valence electrons. The van der Waals surface area contributed by atoms with E-state index in [4.69, 9.17) is 9.84 Å². The molecule has 0 saturated carbocycles. The number of ether oxygens (including phenoxy) is 1. The molecule has 0 atom stereocenters. The van der Waals surface area contributed by atoms with Crippen LogP contribution in [0.15, 0.2) is 24.3 Å². The molecule has 1 aromatic rings. The number of hydrogen-bond acceptors (Lipinski definition) is 2. The molecule has 14 heavy (non-hydrogen) atoms. The highest BCUT2D eigenvalue weighted by atomic mass is 16.5. The summed E-state index contributed by atoms with van der Waals surface area (Å²) < 4.78 is 5.48. The van der Waals surface area contributed by atoms with Crippen LogP contribution in [0.1, 0.15) is 31.7 Å². The minimum atomic E-state index is 0.305. The standard InChI is InChI=1S/C12H18O2/c1-2-3-4-9-14-10-11-5-7-12(13)8-6-11/h5-8,13H,2-4,9-10H2,1H3. The zero-order valence-electron chi connectivity index (χ0n) is 8.70. The summed E-state index contributed by atoms with van der Waals surface area (Å²) in [6.07, 6.45) is 3.59. The van der Waals surface area contributed by atoms with E-state index < -0.39 is 0 Å². The van der Waals surface area contributed by atoms with Crippen LogP contribution in [0.4, 0.5) is 0 Å². The molecule has 0 aliphatic heterocycles. The molecule has 0 fully saturated rings. The van der Waals surface area contributed by atoms with Crippen LogP contribution in [0, 0.1) is 0 Å². The van der Waals surface area contributed by atoms with Crippen LogP contribution < -0.4 is 0 Å². The van der Waals surface area contributed by atoms with Crippen molar-refractivity contribution >= 4 is 0 Å². The van der Waals surface area contributed by atoms with Crippen LogP contribution in [0.5, 0.6) is 5.75 Å². The van der Waals surface area contributed by atoms with Gasteiger partial charge in [-0.1, -0.05) is 31.9 Å². The second-order valence-corrected chi connectivity index (χ2v) is 3.43. The van der Waals surface area contributed by atoms with Gasteiger partial charge in [0.05, 0.1) is 6.61 Å². The Morgan fingerprint density at radius 2 is 1.86 bits per heavy atom. The van der Waals surface area contributed by atoms with Crippen LogP contribution >= 0.6 is 0 Å². The Kier molecular flexibility index (Phi) is 5.08. The predicted octanol–water partition coefficient (Wildman–Crippen LogP) is 3.10. The molecule has 1 aromatic carbocycles. The van der Waals surface area contributed by atoms with Gasteiger partial charge >= 0.3 is 0 Å². The summed E-state index contributed by atoms with van der Waals surface area (Å²) in [5, 5.41) is 9.06. The van der Waals surface area contributed by atoms with Gasteiger partial charge in [0, 0.05) is 6.61 Å². The Labute approximate surface area is 85.5 Å². The van der Waals surface area contributed by atoms with E-state index in [9.17, 15) is 0 Å². The maximum Gasteiger partial charge on any atom is 0.115 e. The highest BCUT2D eigenvalue weighted by Crippen LogP contribution is 2.10. The van der Waals surface area contributed by atoms with Crippen LogP contribution in [0.25, 0.3) is 0 Å². The lowest BCUT2D eigenvalue weighted by molar-refractivity contribution is 0.117. The second-order valence-electron chi connectivity index (χ2n) is 3.43. The molecule has 0 aliphatic rings. The largest absolute Gasteiger partial charge is 0.508 e. The topological polar surface area (TPSA) is 29.5 Å². The third-order valence-electron chi connectivity index (χ3n) is 2.10. The third kappa shape index (κ3) is 4.28. The van der Waals surface area contributed by atoms with E-state index in [2.05, 4.69) is 6.92 Å². The van der Waals surface area contributed by atoms with Gasteiger partial charge in [-0.15, -0.1) is 0 Å². The van der Waals surface area contributed by atoms with Crippen molar-refractivity contribution in [2.75, 3.05) is 6.61 Å². The Morgan fingerprint density at radius 3 is 2.50 bits per heavy atom. The predicted molar refractivity (Wildman–Crippen MR) is 57.3 cm³/mol. The fraction of sp³-hybridized carbons (Fsp3) is 0.500. The molecule has 2 nitrogen and oxygen atoms in total. The molecule has 0 radical (unpaired) electrons. The molecule has 0 amide bonds. The van der Waals surface area contributed by atoms with Crippen molar-refractivity contribution in [1.29, 1.82) is 0 Å². The molecule has 0 spiro atoms. The molecule has 0 bridgehead atoms. The van der Waals surface area contributed by atoms with Gasteiger partial charge in [-0.05, 0) is 24.1 Å². The van der Waals surface area contributed by atoms with Gasteiger partial charge in [-0.2, -0.15) is 0 Å². The molecule has 0 saturated heterocycles. The molecule has 1 rings (SSSR count). The molecular formula is C12H18O2. The van der Waals surface area contributed by atoms with Crippen molar-refractivity contribution in [3.8, 4) is 5.75 Å². The average molecular weight is 194 g/mol. The van der Waals surface area contributed by atoms with Gasteiger partial charge in [0.15, 0.2) is 0 Å². The van der Waals surface area contributed by atoms with Crippen LogP contribution in [0.3, 0.4) is 0 Å². The van der Waals surface area contributed by atoms with Crippen molar-refractivity contribution in [2.45, 2.75) is 32.8 Å². The van der Waals surface area contributed by atoms with Crippen molar-refractivity contribution in [2.24, 2.45) is 0 Å². The first-order chi connectivity index (χ1) is 6.83. The first-order valence-corrected chi connectivity index (χ1v) is 5.18. The first kappa shape index (κ1) is 11.1. The number of rotatable bonds is 6. The van der Waals surface area contributed by atoms with Gasteiger partial charge in [0.2, 0.25) is 0 Å². The fourth-order valence-corrected chi connectivity index (χ4v) is 1.24. The quantitative estimate of drug-likeness (QED) is 0.705. The van der Waals surface area contributed by atoms with Gasteiger partial charge in [0.25, 0.3) is 0 Å². The summed E-state index contributed by atoms with van der Waals surface area (Å²) in [6, 6.07) is 7.14. The summed E-state index contributed by atoms with van der Waals surface area (Å²) in [5.74, 6) is 0.305. The first-order valence-electron chi connectivity index (χ1n) is 5.18. The van der Waals surface area contributed by atoms with E-state index in [-0.39, 0.29) is 0 Å². The third-order valence-corrected chi connectivity index (χ3v) is 2.10. The Hall–Kier alpha value is -1.02. The van der Waals surface area contributed by atoms with E-state index in [1.54, 1.807) is 12.1 Å². The Bertz CT molecular complexity index is 241. The smallest absolute Gasteiger partial charge is 0.115 e. The molecule has 1 N–H and O–H groups in total. The fourth-order valence-electron chi connectivity index (χ4n) is 1.24. The minimum absolute atomic E-state index is 0.305. The SMILES string of the molecule is CCCCCOCc1ccc(O)cc1. The van der Waals surface area contributed by atoms with Gasteiger partial charge in [-0.3, -0.25) is 0 Å². The lowest BCUT2D eigenvalue weighted by atomic mass is 10.2. The lowest BCUT2D eigenvalue weighted by Gasteiger charge is -2.03. The maximum atomic E-state index is 9.06. The van der Waals surface area contributed by atoms with E-state index in [1.165, 1.54) is 12.8 Å². The highest BCUT2D eigenvalue weighted by molar-refractivity contribution is 5.25. The summed E-state index contributed by atoms with van der Waals surface area (Å²) in [5.41, 5.74) is 1.11. The van der Waals surface area contributed by atoms with Crippen molar-refractivity contribution in [3.63, 3.8) is 0 Å². The van der Waals surface area contributed by atoms with Gasteiger partial charge in [0.1, 0.15) is 5.75 Å². The zero-order chi connectivity index (χ0) is 10.2. The van der Waals surface area contributed by atoms with E-state index in [0.717, 1.165) is 18.6 Å². The molecule has 0 aromatic heterocycles. The van der Waals surface area contributed by atoms with Crippen LogP contribution in [0.2, 0.25) is 0 Å². The molecule has 2 heteroatoms. The average Bonchev–Trinajstić information content (AvgIpc) is 2.21. The monoisotopic (exact) mass is 194 g/mol. The normalized spacial score (nSPS) is 10.4. The number of phenolic OH excluding ortho intramolecular Hbond substituents is 1. The van der Waals surface area contributed by atoms with E-state index in [0.29, 0.717) is 12.4 Å². The number of phenols is 1. The lowest BCUT2D eigenvalue weighted by Crippen LogP contribution is -1.94. The minimum Gasteiger partial charge on any atom is -0.508 e. The number of unbranched alkanes of at least 4 members (excludes halogenated alkanes) is 2.